The van der Waals surface area contributed by atoms with Gasteiger partial charge < -0.3 is 45.5 Å². The fraction of sp³-hybridized carbons (Fsp3) is 0.444. The standard InChI is InChI=1S/C54H63Cl2N13O7S/c1-29-30(2)77-53-46(29)47(32-10-12-35(55)13-11-32)63-40(50-66-65-31(3)69(50)53)26-44(71)61-37-16-14-36(15-17-37)60-43(70)9-7-8-20-58-51(73)33-18-21-68(22-19-33)54-59-27-39(56)49(64-54)62-38-23-34-24-42(76-28-45(72)57-4)52(74)67(5)48(34)41(25-38)75-6/h10-13,23-25,27,33,36-37,40H,7-9,14-22,26,28H2,1-6H3,(H,57,72)(H,58,73)(H,60,70)(H,61,71)(H,59,62,64)/t36?,37?,40-/m0/s1. The van der Waals surface area contributed by atoms with Crippen LogP contribution in [0, 0.1) is 26.7 Å². The van der Waals surface area contributed by atoms with Gasteiger partial charge >= 0.3 is 0 Å². The molecule has 0 unspecified atom stereocenters. The Hall–Kier alpha value is -7.10. The lowest BCUT2D eigenvalue weighted by Crippen LogP contribution is -2.44. The third-order valence-electron chi connectivity index (χ3n) is 14.6. The average molecular weight is 1110 g/mol. The number of pyridine rings is 1. The molecule has 5 N–H and O–H groups in total. The van der Waals surface area contributed by atoms with Crippen molar-refractivity contribution in [2.45, 2.75) is 103 Å². The first-order chi connectivity index (χ1) is 37.1. The van der Waals surface area contributed by atoms with Crippen molar-refractivity contribution in [3.8, 4) is 16.5 Å². The second-order valence-corrected chi connectivity index (χ2v) is 21.8. The summed E-state index contributed by atoms with van der Waals surface area (Å²) in [4.78, 5) is 82.4. The van der Waals surface area contributed by atoms with Gasteiger partial charge in [-0.1, -0.05) is 35.3 Å². The Morgan fingerprint density at radius 2 is 1.58 bits per heavy atom. The fourth-order valence-electron chi connectivity index (χ4n) is 10.2. The molecule has 1 aliphatic carbocycles. The van der Waals surface area contributed by atoms with Gasteiger partial charge in [-0.05, 0) is 102 Å². The maximum Gasteiger partial charge on any atom is 0.293 e. The fourth-order valence-corrected chi connectivity index (χ4v) is 11.7. The third-order valence-corrected chi connectivity index (χ3v) is 16.3. The Bertz CT molecular complexity index is 3290. The first kappa shape index (κ1) is 54.7. The number of piperidine rings is 1. The van der Waals surface area contributed by atoms with Gasteiger partial charge in [0.1, 0.15) is 27.6 Å². The summed E-state index contributed by atoms with van der Waals surface area (Å²) in [6, 6.07) is 12.2. The molecular weight excluding hydrogens is 1050 g/mol. The van der Waals surface area contributed by atoms with Gasteiger partial charge in [0, 0.05) is 96.3 Å². The Labute approximate surface area is 459 Å². The predicted octanol–water partition coefficient (Wildman–Crippen LogP) is 7.11. The molecule has 6 aromatic rings. The van der Waals surface area contributed by atoms with Crippen molar-refractivity contribution in [1.82, 2.24) is 50.6 Å². The van der Waals surface area contributed by atoms with Crippen molar-refractivity contribution < 1.29 is 28.7 Å². The van der Waals surface area contributed by atoms with Crippen LogP contribution in [-0.2, 0) is 26.2 Å². The highest BCUT2D eigenvalue weighted by Gasteiger charge is 2.34. The molecule has 406 valence electrons. The van der Waals surface area contributed by atoms with Gasteiger partial charge in [-0.15, -0.1) is 21.5 Å². The highest BCUT2D eigenvalue weighted by atomic mass is 35.5. The summed E-state index contributed by atoms with van der Waals surface area (Å²) in [6.45, 7) is 7.41. The number of carbonyl (C=O) groups excluding carboxylic acids is 4. The van der Waals surface area contributed by atoms with Gasteiger partial charge in [-0.2, -0.15) is 4.98 Å². The number of ether oxygens (including phenoxy) is 2. The van der Waals surface area contributed by atoms with E-state index in [1.54, 1.807) is 36.6 Å². The highest BCUT2D eigenvalue weighted by molar-refractivity contribution is 7.15. The number of aromatic nitrogens is 6. The van der Waals surface area contributed by atoms with E-state index in [1.165, 1.54) is 29.8 Å². The summed E-state index contributed by atoms with van der Waals surface area (Å²) in [5.41, 5.74) is 4.55. The monoisotopic (exact) mass is 1110 g/mol. The van der Waals surface area contributed by atoms with Crippen LogP contribution in [0.25, 0.3) is 15.9 Å². The number of amides is 4. The smallest absolute Gasteiger partial charge is 0.293 e. The maximum atomic E-state index is 13.7. The van der Waals surface area contributed by atoms with Crippen LogP contribution in [-0.4, -0.2) is 111 Å². The molecular formula is C54H63Cl2N13O7S. The SMILES string of the molecule is CNC(=O)COc1cc2cc(Nc3nc(N4CCC(C(=O)NCCCCC(=O)NC5CCC(NC(=O)C[C@@H]6N=C(c7ccc(Cl)cc7)c7c(sc(C)c7C)-n7c(C)nnc76)CC5)CC4)ncc3Cl)cc(OC)c2n(C)c1=O. The number of aliphatic imine (C=N–C) groups is 1. The van der Waals surface area contributed by atoms with E-state index in [-0.39, 0.29) is 65.4 Å². The summed E-state index contributed by atoms with van der Waals surface area (Å²) >= 11 is 14.5. The molecule has 0 radical (unpaired) electrons. The molecule has 3 aliphatic rings. The van der Waals surface area contributed by atoms with E-state index >= 15 is 0 Å². The number of unbranched alkanes of at least 4 members (excludes halogenated alkanes) is 1. The number of benzene rings is 2. The van der Waals surface area contributed by atoms with Gasteiger partial charge in [0.05, 0.1) is 31.0 Å². The topological polar surface area (TPSA) is 241 Å². The van der Waals surface area contributed by atoms with Crippen LogP contribution in [0.5, 0.6) is 11.5 Å². The number of hydrogen-bond acceptors (Lipinski definition) is 15. The number of likely N-dealkylation sites (N-methyl/N-ethyl adjacent to an activating group) is 1. The number of nitrogens with one attached hydrogen (secondary N) is 5. The summed E-state index contributed by atoms with van der Waals surface area (Å²) in [5, 5.41) is 26.7. The molecule has 1 atom stereocenters. The maximum absolute atomic E-state index is 13.7. The zero-order valence-corrected chi connectivity index (χ0v) is 46.3. The van der Waals surface area contributed by atoms with E-state index in [0.29, 0.717) is 96.7 Å². The lowest BCUT2D eigenvalue weighted by atomic mass is 9.91. The van der Waals surface area contributed by atoms with Crippen molar-refractivity contribution >= 4 is 92.2 Å². The Morgan fingerprint density at radius 3 is 2.29 bits per heavy atom. The van der Waals surface area contributed by atoms with Crippen molar-refractivity contribution in [3.05, 3.63) is 102 Å². The van der Waals surface area contributed by atoms with E-state index in [0.717, 1.165) is 58.9 Å². The molecule has 1 saturated carbocycles. The summed E-state index contributed by atoms with van der Waals surface area (Å²) in [7, 11) is 4.59. The first-order valence-electron chi connectivity index (χ1n) is 25.9. The lowest BCUT2D eigenvalue weighted by molar-refractivity contribution is -0.125. The first-order valence-corrected chi connectivity index (χ1v) is 27.5. The lowest BCUT2D eigenvalue weighted by Gasteiger charge is -2.31. The van der Waals surface area contributed by atoms with Crippen LogP contribution in [0.15, 0.2) is 58.4 Å². The van der Waals surface area contributed by atoms with Gasteiger partial charge in [0.2, 0.25) is 23.7 Å². The summed E-state index contributed by atoms with van der Waals surface area (Å²) in [5.74, 6) is 1.95. The van der Waals surface area contributed by atoms with Crippen molar-refractivity contribution in [1.29, 1.82) is 0 Å². The summed E-state index contributed by atoms with van der Waals surface area (Å²) in [6.07, 6.45) is 7.56. The third kappa shape index (κ3) is 12.4. The number of carbonyl (C=O) groups is 4. The van der Waals surface area contributed by atoms with Crippen LogP contribution in [0.3, 0.4) is 0 Å². The molecule has 77 heavy (non-hydrogen) atoms. The highest BCUT2D eigenvalue weighted by Crippen LogP contribution is 2.40. The molecule has 23 heteroatoms. The molecule has 6 heterocycles. The second kappa shape index (κ2) is 24.1. The van der Waals surface area contributed by atoms with Crippen molar-refractivity contribution in [3.63, 3.8) is 0 Å². The van der Waals surface area contributed by atoms with Gasteiger partial charge in [-0.25, -0.2) is 4.98 Å². The number of fused-ring (bicyclic) bond motifs is 4. The quantitative estimate of drug-likeness (QED) is 0.0540. The van der Waals surface area contributed by atoms with E-state index in [4.69, 9.17) is 42.7 Å². The van der Waals surface area contributed by atoms with Crippen LogP contribution in [0.1, 0.15) is 103 Å². The minimum Gasteiger partial charge on any atom is -0.494 e. The number of hydrogen-bond donors (Lipinski definition) is 5. The minimum atomic E-state index is -0.556. The van der Waals surface area contributed by atoms with Crippen LogP contribution in [0.2, 0.25) is 10.0 Å². The number of halogens is 2. The predicted molar refractivity (Wildman–Crippen MR) is 298 cm³/mol. The van der Waals surface area contributed by atoms with Gasteiger partial charge in [-0.3, -0.25) is 33.5 Å². The molecule has 0 bridgehead atoms. The largest absolute Gasteiger partial charge is 0.494 e. The molecule has 4 aromatic heterocycles. The number of thiophene rings is 1. The second-order valence-electron chi connectivity index (χ2n) is 19.7. The van der Waals surface area contributed by atoms with Gasteiger partial charge in [0.25, 0.3) is 11.5 Å². The van der Waals surface area contributed by atoms with Crippen LogP contribution < -0.4 is 46.5 Å². The number of anilines is 3. The van der Waals surface area contributed by atoms with Crippen LogP contribution >= 0.6 is 34.5 Å². The van der Waals surface area contributed by atoms with E-state index in [2.05, 4.69) is 55.6 Å². The Kier molecular flexibility index (Phi) is 17.1. The van der Waals surface area contributed by atoms with Crippen LogP contribution in [0.4, 0.5) is 17.5 Å². The average Bonchev–Trinajstić information content (AvgIpc) is 3.97. The zero-order valence-electron chi connectivity index (χ0n) is 43.9. The van der Waals surface area contributed by atoms with E-state index in [1.807, 2.05) is 40.7 Å². The molecule has 0 spiro atoms. The summed E-state index contributed by atoms with van der Waals surface area (Å²) < 4.78 is 14.6. The molecule has 2 aromatic carbocycles. The number of aryl methyl sites for hydroxylation is 3. The van der Waals surface area contributed by atoms with Gasteiger partial charge in [0.15, 0.2) is 24.0 Å². The number of rotatable bonds is 18. The van der Waals surface area contributed by atoms with E-state index < -0.39 is 11.6 Å². The number of methoxy groups -OCH3 is 1. The normalized spacial score (nSPS) is 17.4. The molecule has 2 aliphatic heterocycles. The van der Waals surface area contributed by atoms with Crippen molar-refractivity contribution in [2.24, 2.45) is 18.0 Å². The molecule has 20 nitrogen and oxygen atoms in total. The molecule has 4 amide bonds. The Morgan fingerprint density at radius 1 is 0.870 bits per heavy atom. The number of nitrogens with zero attached hydrogens (tertiary/aromatic N) is 8. The molecule has 2 fully saturated rings. The zero-order chi connectivity index (χ0) is 54.5. The molecule has 9 rings (SSSR count). The van der Waals surface area contributed by atoms with E-state index in [9.17, 15) is 24.0 Å². The van der Waals surface area contributed by atoms with Crippen molar-refractivity contribution in [2.75, 3.05) is 50.6 Å². The minimum absolute atomic E-state index is 0.00713. The molecule has 1 saturated heterocycles. The Balaban J connectivity index is 0.693.